The Morgan fingerprint density at radius 3 is 2.55 bits per heavy atom. The van der Waals surface area contributed by atoms with Crippen LogP contribution < -0.4 is 0 Å². The number of rotatable bonds is 4. The van der Waals surface area contributed by atoms with Crippen LogP contribution in [0.5, 0.6) is 0 Å². The van der Waals surface area contributed by atoms with Crippen molar-refractivity contribution in [2.75, 3.05) is 0 Å². The summed E-state index contributed by atoms with van der Waals surface area (Å²) in [6.45, 7) is 0. The third-order valence-electron chi connectivity index (χ3n) is 3.13. The van der Waals surface area contributed by atoms with Gasteiger partial charge >= 0.3 is 0 Å². The van der Waals surface area contributed by atoms with E-state index in [1.165, 1.54) is 22.1 Å². The van der Waals surface area contributed by atoms with Gasteiger partial charge in [-0.2, -0.15) is 0 Å². The van der Waals surface area contributed by atoms with Gasteiger partial charge in [0.25, 0.3) is 0 Å². The fourth-order valence-electron chi connectivity index (χ4n) is 2.23. The monoisotopic (exact) mass is 320 g/mol. The molecule has 102 valence electrons. The van der Waals surface area contributed by atoms with Gasteiger partial charge in [-0.3, -0.25) is 4.21 Å². The SMILES string of the molecule is O=[S@@](Cc1ccc(Cl)s1)Cc1cccc2ccccc12. The number of hydrogen-bond acceptors (Lipinski definition) is 2. The van der Waals surface area contributed by atoms with Crippen molar-refractivity contribution in [3.05, 3.63) is 69.4 Å². The molecule has 0 unspecified atom stereocenters. The summed E-state index contributed by atoms with van der Waals surface area (Å²) in [4.78, 5) is 1.08. The molecule has 1 nitrogen and oxygen atoms in total. The van der Waals surface area contributed by atoms with Crippen LogP contribution in [-0.4, -0.2) is 4.21 Å². The quantitative estimate of drug-likeness (QED) is 0.661. The second-order valence-electron chi connectivity index (χ2n) is 4.57. The Morgan fingerprint density at radius 1 is 0.950 bits per heavy atom. The molecule has 0 aliphatic rings. The molecule has 0 N–H and O–H groups in total. The van der Waals surface area contributed by atoms with E-state index in [-0.39, 0.29) is 0 Å². The lowest BCUT2D eigenvalue weighted by Crippen LogP contribution is -1.98. The summed E-state index contributed by atoms with van der Waals surface area (Å²) in [7, 11) is -0.913. The topological polar surface area (TPSA) is 17.1 Å². The van der Waals surface area contributed by atoms with Crippen LogP contribution in [0.1, 0.15) is 10.4 Å². The molecule has 1 atom stereocenters. The maximum Gasteiger partial charge on any atom is 0.0931 e. The summed E-state index contributed by atoms with van der Waals surface area (Å²) in [5.74, 6) is 1.15. The number of fused-ring (bicyclic) bond motifs is 1. The highest BCUT2D eigenvalue weighted by Gasteiger charge is 2.08. The van der Waals surface area contributed by atoms with E-state index >= 15 is 0 Å². The van der Waals surface area contributed by atoms with E-state index in [1.807, 2.05) is 30.3 Å². The zero-order chi connectivity index (χ0) is 13.9. The molecule has 20 heavy (non-hydrogen) atoms. The van der Waals surface area contributed by atoms with Crippen LogP contribution in [-0.2, 0) is 22.3 Å². The van der Waals surface area contributed by atoms with Gasteiger partial charge < -0.3 is 0 Å². The summed E-state index contributed by atoms with van der Waals surface area (Å²) >= 11 is 7.40. The zero-order valence-corrected chi connectivity index (χ0v) is 13.1. The molecule has 0 aliphatic carbocycles. The minimum atomic E-state index is -0.913. The molecule has 0 fully saturated rings. The minimum absolute atomic E-state index is 0.570. The van der Waals surface area contributed by atoms with Crippen LogP contribution in [0, 0.1) is 0 Å². The molecular formula is C16H13ClOS2. The van der Waals surface area contributed by atoms with Gasteiger partial charge in [-0.25, -0.2) is 0 Å². The maximum atomic E-state index is 12.3. The Kier molecular flexibility index (Phi) is 4.20. The van der Waals surface area contributed by atoms with E-state index in [9.17, 15) is 4.21 Å². The lowest BCUT2D eigenvalue weighted by molar-refractivity contribution is 0.682. The molecule has 4 heteroatoms. The van der Waals surface area contributed by atoms with Crippen LogP contribution >= 0.6 is 22.9 Å². The first-order chi connectivity index (χ1) is 9.72. The lowest BCUT2D eigenvalue weighted by atomic mass is 10.1. The molecule has 3 rings (SSSR count). The van der Waals surface area contributed by atoms with Gasteiger partial charge in [-0.15, -0.1) is 11.3 Å². The summed E-state index contributed by atoms with van der Waals surface area (Å²) in [5.41, 5.74) is 1.14. The third-order valence-corrected chi connectivity index (χ3v) is 5.81. The third kappa shape index (κ3) is 3.11. The highest BCUT2D eigenvalue weighted by molar-refractivity contribution is 7.83. The van der Waals surface area contributed by atoms with E-state index < -0.39 is 10.8 Å². The smallest absolute Gasteiger partial charge is 0.0931 e. The number of benzene rings is 2. The Bertz CT molecular complexity index is 759. The van der Waals surface area contributed by atoms with Gasteiger partial charge in [0.2, 0.25) is 0 Å². The van der Waals surface area contributed by atoms with Crippen LogP contribution in [0.25, 0.3) is 10.8 Å². The largest absolute Gasteiger partial charge is 0.259 e. The van der Waals surface area contributed by atoms with Crippen molar-refractivity contribution in [2.24, 2.45) is 0 Å². The van der Waals surface area contributed by atoms with Crippen LogP contribution in [0.3, 0.4) is 0 Å². The second-order valence-corrected chi connectivity index (χ2v) is 7.83. The van der Waals surface area contributed by atoms with Gasteiger partial charge in [0.05, 0.1) is 10.1 Å². The van der Waals surface area contributed by atoms with E-state index in [0.29, 0.717) is 11.5 Å². The fraction of sp³-hybridized carbons (Fsp3) is 0.125. The zero-order valence-electron chi connectivity index (χ0n) is 10.7. The molecule has 0 spiro atoms. The van der Waals surface area contributed by atoms with Crippen molar-refractivity contribution in [1.29, 1.82) is 0 Å². The van der Waals surface area contributed by atoms with Gasteiger partial charge in [-0.1, -0.05) is 54.1 Å². The van der Waals surface area contributed by atoms with Crippen LogP contribution in [0.15, 0.2) is 54.6 Å². The van der Waals surface area contributed by atoms with Crippen molar-refractivity contribution in [3.63, 3.8) is 0 Å². The van der Waals surface area contributed by atoms with Gasteiger partial charge in [0.1, 0.15) is 0 Å². The van der Waals surface area contributed by atoms with E-state index in [4.69, 9.17) is 11.6 Å². The summed E-state index contributed by atoms with van der Waals surface area (Å²) in [6.07, 6.45) is 0. The average molecular weight is 321 g/mol. The molecule has 0 saturated heterocycles. The first-order valence-corrected chi connectivity index (χ1v) is 8.96. The Hall–Kier alpha value is -1.16. The molecule has 0 aliphatic heterocycles. The molecule has 0 saturated carbocycles. The Labute approximate surface area is 129 Å². The maximum absolute atomic E-state index is 12.3. The Morgan fingerprint density at radius 2 is 1.75 bits per heavy atom. The predicted octanol–water partition coefficient (Wildman–Crippen LogP) is 5.00. The molecule has 0 bridgehead atoms. The van der Waals surface area contributed by atoms with Gasteiger partial charge in [-0.05, 0) is 28.5 Å². The standard InChI is InChI=1S/C16H13ClOS2/c17-16-9-8-14(19-16)11-20(18)10-13-6-3-5-12-4-1-2-7-15(12)13/h1-9H,10-11H2/t20-/m1/s1. The Balaban J connectivity index is 1.81. The van der Waals surface area contributed by atoms with E-state index in [0.717, 1.165) is 14.8 Å². The highest BCUT2D eigenvalue weighted by Crippen LogP contribution is 2.24. The molecule has 2 aromatic carbocycles. The summed E-state index contributed by atoms with van der Waals surface area (Å²) in [5, 5.41) is 2.38. The van der Waals surface area contributed by atoms with Crippen molar-refractivity contribution in [3.8, 4) is 0 Å². The predicted molar refractivity (Wildman–Crippen MR) is 88.8 cm³/mol. The minimum Gasteiger partial charge on any atom is -0.259 e. The van der Waals surface area contributed by atoms with Gasteiger partial charge in [0.15, 0.2) is 0 Å². The second kappa shape index (κ2) is 6.08. The van der Waals surface area contributed by atoms with Gasteiger partial charge in [0, 0.05) is 21.4 Å². The molecule has 0 radical (unpaired) electrons. The molecular weight excluding hydrogens is 308 g/mol. The normalized spacial score (nSPS) is 12.7. The first kappa shape index (κ1) is 13.8. The molecule has 0 amide bonds. The lowest BCUT2D eigenvalue weighted by Gasteiger charge is -2.06. The first-order valence-electron chi connectivity index (χ1n) is 6.28. The van der Waals surface area contributed by atoms with Crippen molar-refractivity contribution in [1.82, 2.24) is 0 Å². The number of halogens is 1. The number of hydrogen-bond donors (Lipinski definition) is 0. The molecule has 1 heterocycles. The summed E-state index contributed by atoms with van der Waals surface area (Å²) < 4.78 is 13.1. The summed E-state index contributed by atoms with van der Waals surface area (Å²) in [6, 6.07) is 18.2. The number of thiophene rings is 1. The van der Waals surface area contributed by atoms with Crippen LogP contribution in [0.4, 0.5) is 0 Å². The highest BCUT2D eigenvalue weighted by atomic mass is 35.5. The molecule has 3 aromatic rings. The van der Waals surface area contributed by atoms with E-state index in [2.05, 4.69) is 24.3 Å². The van der Waals surface area contributed by atoms with Crippen LogP contribution in [0.2, 0.25) is 4.34 Å². The fourth-order valence-corrected chi connectivity index (χ4v) is 4.86. The average Bonchev–Trinajstić information content (AvgIpc) is 2.84. The van der Waals surface area contributed by atoms with Crippen molar-refractivity contribution >= 4 is 44.5 Å². The van der Waals surface area contributed by atoms with Crippen molar-refractivity contribution < 1.29 is 4.21 Å². The van der Waals surface area contributed by atoms with Crippen molar-refractivity contribution in [2.45, 2.75) is 11.5 Å². The molecule has 1 aromatic heterocycles. The van der Waals surface area contributed by atoms with E-state index in [1.54, 1.807) is 0 Å².